The van der Waals surface area contributed by atoms with Gasteiger partial charge in [0.15, 0.2) is 5.96 Å². The highest BCUT2D eigenvalue weighted by atomic mass is 127. The van der Waals surface area contributed by atoms with Crippen LogP contribution in [0.5, 0.6) is 0 Å². The van der Waals surface area contributed by atoms with Gasteiger partial charge in [0.05, 0.1) is 11.9 Å². The Kier molecular flexibility index (Phi) is 7.55. The molecule has 5 nitrogen and oxygen atoms in total. The van der Waals surface area contributed by atoms with Gasteiger partial charge in [-0.3, -0.25) is 4.99 Å². The van der Waals surface area contributed by atoms with E-state index in [0.29, 0.717) is 18.5 Å². The molecule has 2 aromatic rings. The lowest BCUT2D eigenvalue weighted by Crippen LogP contribution is -2.41. The van der Waals surface area contributed by atoms with E-state index in [9.17, 15) is 0 Å². The second-order valence-electron chi connectivity index (χ2n) is 6.12. The largest absolute Gasteiger partial charge is 0.370 e. The van der Waals surface area contributed by atoms with Gasteiger partial charge in [0.25, 0.3) is 0 Å². The van der Waals surface area contributed by atoms with Crippen LogP contribution in [0.4, 0.5) is 0 Å². The van der Waals surface area contributed by atoms with Gasteiger partial charge >= 0.3 is 0 Å². The molecule has 0 spiro atoms. The smallest absolute Gasteiger partial charge is 0.188 e. The van der Waals surface area contributed by atoms with Crippen molar-refractivity contribution < 1.29 is 0 Å². The van der Waals surface area contributed by atoms with Crippen LogP contribution < -0.4 is 11.1 Å². The lowest BCUT2D eigenvalue weighted by molar-refractivity contribution is 0.412. The second kappa shape index (κ2) is 9.66. The van der Waals surface area contributed by atoms with Gasteiger partial charge in [0.2, 0.25) is 0 Å². The summed E-state index contributed by atoms with van der Waals surface area (Å²) < 4.78 is 1.89. The zero-order valence-electron chi connectivity index (χ0n) is 13.9. The summed E-state index contributed by atoms with van der Waals surface area (Å²) in [5.41, 5.74) is 8.22. The lowest BCUT2D eigenvalue weighted by atomic mass is 9.96. The maximum absolute atomic E-state index is 5.98. The first-order valence-electron chi connectivity index (χ1n) is 8.47. The maximum atomic E-state index is 5.98. The number of rotatable bonds is 5. The summed E-state index contributed by atoms with van der Waals surface area (Å²) in [6, 6.07) is 10.6. The molecule has 1 fully saturated rings. The van der Waals surface area contributed by atoms with E-state index in [4.69, 9.17) is 5.73 Å². The number of nitrogens with one attached hydrogen (secondary N) is 1. The molecular formula is C18H26IN5. The number of aromatic nitrogens is 2. The summed E-state index contributed by atoms with van der Waals surface area (Å²) in [5, 5.41) is 7.74. The Balaban J connectivity index is 0.00000208. The molecule has 24 heavy (non-hydrogen) atoms. The van der Waals surface area contributed by atoms with Crippen LogP contribution in [0.1, 0.15) is 37.7 Å². The van der Waals surface area contributed by atoms with E-state index in [-0.39, 0.29) is 24.0 Å². The Morgan fingerprint density at radius 3 is 2.71 bits per heavy atom. The fourth-order valence-electron chi connectivity index (χ4n) is 3.02. The van der Waals surface area contributed by atoms with Crippen LogP contribution in [-0.4, -0.2) is 28.3 Å². The van der Waals surface area contributed by atoms with Gasteiger partial charge in [0, 0.05) is 18.8 Å². The molecule has 130 valence electrons. The fraction of sp³-hybridized carbons (Fsp3) is 0.444. The van der Waals surface area contributed by atoms with Crippen molar-refractivity contribution in [1.29, 1.82) is 0 Å². The quantitative estimate of drug-likeness (QED) is 0.427. The molecule has 0 bridgehead atoms. The number of hydrogen-bond donors (Lipinski definition) is 2. The Morgan fingerprint density at radius 1 is 1.21 bits per heavy atom. The van der Waals surface area contributed by atoms with Crippen LogP contribution in [0.15, 0.2) is 47.7 Å². The molecule has 1 aliphatic carbocycles. The predicted octanol–water partition coefficient (Wildman–Crippen LogP) is 3.27. The lowest BCUT2D eigenvalue weighted by Gasteiger charge is -2.23. The minimum absolute atomic E-state index is 0. The predicted molar refractivity (Wildman–Crippen MR) is 109 cm³/mol. The summed E-state index contributed by atoms with van der Waals surface area (Å²) in [5.74, 6) is 0.576. The molecule has 0 amide bonds. The summed E-state index contributed by atoms with van der Waals surface area (Å²) in [4.78, 5) is 4.44. The molecule has 0 atom stereocenters. The monoisotopic (exact) mass is 439 g/mol. The van der Waals surface area contributed by atoms with Gasteiger partial charge in [-0.05, 0) is 37.0 Å². The molecule has 1 aromatic carbocycles. The van der Waals surface area contributed by atoms with E-state index in [1.54, 1.807) is 0 Å². The molecule has 6 heteroatoms. The highest BCUT2D eigenvalue weighted by Gasteiger charge is 2.13. The van der Waals surface area contributed by atoms with Crippen molar-refractivity contribution in [2.24, 2.45) is 10.7 Å². The van der Waals surface area contributed by atoms with Crippen LogP contribution in [0, 0.1) is 0 Å². The molecule has 1 aromatic heterocycles. The van der Waals surface area contributed by atoms with Crippen molar-refractivity contribution >= 4 is 29.9 Å². The number of hydrogen-bond acceptors (Lipinski definition) is 2. The van der Waals surface area contributed by atoms with Gasteiger partial charge in [-0.25, -0.2) is 4.68 Å². The average molecular weight is 439 g/mol. The van der Waals surface area contributed by atoms with Gasteiger partial charge in [-0.15, -0.1) is 24.0 Å². The van der Waals surface area contributed by atoms with Crippen LogP contribution in [-0.2, 0) is 6.42 Å². The summed E-state index contributed by atoms with van der Waals surface area (Å²) in [6.45, 7) is 0.687. The van der Waals surface area contributed by atoms with Crippen LogP contribution in [0.2, 0.25) is 0 Å². The van der Waals surface area contributed by atoms with E-state index in [2.05, 4.69) is 21.6 Å². The average Bonchev–Trinajstić information content (AvgIpc) is 3.05. The summed E-state index contributed by atoms with van der Waals surface area (Å²) >= 11 is 0. The van der Waals surface area contributed by atoms with Crippen molar-refractivity contribution in [2.75, 3.05) is 6.54 Å². The third-order valence-corrected chi connectivity index (χ3v) is 4.30. The first-order valence-corrected chi connectivity index (χ1v) is 8.47. The van der Waals surface area contributed by atoms with Crippen molar-refractivity contribution in [1.82, 2.24) is 15.1 Å². The van der Waals surface area contributed by atoms with Crippen molar-refractivity contribution in [3.63, 3.8) is 0 Å². The number of nitrogens with two attached hydrogens (primary N) is 1. The van der Waals surface area contributed by atoms with Gasteiger partial charge in [-0.1, -0.05) is 37.5 Å². The van der Waals surface area contributed by atoms with Crippen LogP contribution >= 0.6 is 24.0 Å². The number of guanidine groups is 1. The molecule has 3 rings (SSSR count). The summed E-state index contributed by atoms with van der Waals surface area (Å²) in [6.07, 6.45) is 11.1. The van der Waals surface area contributed by atoms with E-state index >= 15 is 0 Å². The third kappa shape index (κ3) is 5.51. The highest BCUT2D eigenvalue weighted by Crippen LogP contribution is 2.17. The Labute approximate surface area is 160 Å². The number of nitrogens with zero attached hydrogens (tertiary/aromatic N) is 3. The zero-order chi connectivity index (χ0) is 15.9. The summed E-state index contributed by atoms with van der Waals surface area (Å²) in [7, 11) is 0. The molecule has 3 N–H and O–H groups in total. The van der Waals surface area contributed by atoms with E-state index in [1.807, 2.05) is 41.2 Å². The Hall–Kier alpha value is -1.57. The Bertz CT molecular complexity index is 632. The highest BCUT2D eigenvalue weighted by molar-refractivity contribution is 14.0. The molecule has 0 saturated heterocycles. The minimum Gasteiger partial charge on any atom is -0.370 e. The normalized spacial score (nSPS) is 15.8. The molecule has 1 aliphatic rings. The Morgan fingerprint density at radius 2 is 1.96 bits per heavy atom. The topological polar surface area (TPSA) is 68.2 Å². The fourth-order valence-corrected chi connectivity index (χ4v) is 3.02. The van der Waals surface area contributed by atoms with Gasteiger partial charge in [-0.2, -0.15) is 5.10 Å². The number of halogens is 1. The van der Waals surface area contributed by atoms with E-state index in [1.165, 1.54) is 37.7 Å². The van der Waals surface area contributed by atoms with Crippen molar-refractivity contribution in [3.8, 4) is 5.69 Å². The van der Waals surface area contributed by atoms with Gasteiger partial charge in [0.1, 0.15) is 0 Å². The SMILES string of the molecule is I.NC(=NCCc1cnn(-c2ccccc2)c1)NC1CCCCC1. The first-order chi connectivity index (χ1) is 11.3. The first kappa shape index (κ1) is 18.8. The molecular weight excluding hydrogens is 413 g/mol. The van der Waals surface area contributed by atoms with E-state index < -0.39 is 0 Å². The van der Waals surface area contributed by atoms with Crippen molar-refractivity contribution in [2.45, 2.75) is 44.6 Å². The zero-order valence-corrected chi connectivity index (χ0v) is 16.2. The third-order valence-electron chi connectivity index (χ3n) is 4.30. The number of benzene rings is 1. The standard InChI is InChI=1S/C18H25N5.HI/c19-18(22-16-7-3-1-4-8-16)20-12-11-15-13-21-23(14-15)17-9-5-2-6-10-17;/h2,5-6,9-10,13-14,16H,1,3-4,7-8,11-12H2,(H3,19,20,22);1H. The van der Waals surface area contributed by atoms with Gasteiger partial charge < -0.3 is 11.1 Å². The molecule has 0 aliphatic heterocycles. The molecule has 0 radical (unpaired) electrons. The van der Waals surface area contributed by atoms with E-state index in [0.717, 1.165) is 12.1 Å². The minimum atomic E-state index is 0. The second-order valence-corrected chi connectivity index (χ2v) is 6.12. The maximum Gasteiger partial charge on any atom is 0.188 e. The molecule has 1 saturated carbocycles. The van der Waals surface area contributed by atoms with Crippen LogP contribution in [0.25, 0.3) is 5.69 Å². The number of para-hydroxylation sites is 1. The molecule has 1 heterocycles. The number of aliphatic imine (C=N–C) groups is 1. The van der Waals surface area contributed by atoms with Crippen molar-refractivity contribution in [3.05, 3.63) is 48.3 Å². The molecule has 0 unspecified atom stereocenters. The van der Waals surface area contributed by atoms with Crippen LogP contribution in [0.3, 0.4) is 0 Å².